The molecule has 0 saturated heterocycles. The van der Waals surface area contributed by atoms with Gasteiger partial charge in [0.05, 0.1) is 17.8 Å². The Labute approximate surface area is 138 Å². The van der Waals surface area contributed by atoms with Crippen molar-refractivity contribution in [3.05, 3.63) is 35.5 Å². The van der Waals surface area contributed by atoms with Crippen LogP contribution in [0.5, 0.6) is 0 Å². The van der Waals surface area contributed by atoms with E-state index >= 15 is 0 Å². The van der Waals surface area contributed by atoms with Gasteiger partial charge >= 0.3 is 5.97 Å². The molecule has 0 spiro atoms. The normalized spacial score (nSPS) is 11.1. The number of carbonyl (C=O) groups excluding carboxylic acids is 2. The van der Waals surface area contributed by atoms with Gasteiger partial charge in [-0.15, -0.1) is 11.3 Å². The Morgan fingerprint density at radius 1 is 1.30 bits per heavy atom. The van der Waals surface area contributed by atoms with Crippen LogP contribution >= 0.6 is 11.3 Å². The van der Waals surface area contributed by atoms with Crippen molar-refractivity contribution in [1.82, 2.24) is 15.3 Å². The molecule has 1 N–H and O–H groups in total. The lowest BCUT2D eigenvalue weighted by molar-refractivity contribution is -0.154. The molecule has 1 amide bonds. The topological polar surface area (TPSA) is 81.2 Å². The van der Waals surface area contributed by atoms with Crippen LogP contribution in [0.1, 0.15) is 26.5 Å². The van der Waals surface area contributed by atoms with E-state index in [1.165, 1.54) is 11.3 Å². The lowest BCUT2D eigenvalue weighted by Crippen LogP contribution is -2.35. The van der Waals surface area contributed by atoms with Gasteiger partial charge in [0, 0.05) is 11.6 Å². The number of nitrogens with one attached hydrogen (secondary N) is 1. The summed E-state index contributed by atoms with van der Waals surface area (Å²) in [6.07, 6.45) is 1.82. The minimum absolute atomic E-state index is 0.117. The van der Waals surface area contributed by atoms with E-state index in [1.54, 1.807) is 27.0 Å². The van der Waals surface area contributed by atoms with Crippen LogP contribution in [-0.4, -0.2) is 34.0 Å². The Morgan fingerprint density at radius 2 is 2.09 bits per heavy atom. The fraction of sp³-hybridized carbons (Fsp3) is 0.375. The number of aromatic nitrogens is 2. The molecule has 2 aromatic heterocycles. The van der Waals surface area contributed by atoms with E-state index in [0.29, 0.717) is 5.69 Å². The highest BCUT2D eigenvalue weighted by Gasteiger charge is 2.17. The summed E-state index contributed by atoms with van der Waals surface area (Å²) in [5.41, 5.74) is 0.865. The Bertz CT molecular complexity index is 677. The highest BCUT2D eigenvalue weighted by atomic mass is 32.1. The quantitative estimate of drug-likeness (QED) is 0.849. The number of esters is 1. The monoisotopic (exact) mass is 333 g/mol. The van der Waals surface area contributed by atoms with Gasteiger partial charge in [-0.05, 0) is 32.9 Å². The van der Waals surface area contributed by atoms with Crippen LogP contribution in [-0.2, 0) is 20.7 Å². The maximum atomic E-state index is 11.9. The molecule has 0 radical (unpaired) electrons. The SMILES string of the molecule is CC(C)(C)OC(=O)CNC(=O)Cc1csc(-c2ccccn2)n1. The van der Waals surface area contributed by atoms with Gasteiger partial charge in [-0.3, -0.25) is 14.6 Å². The molecule has 0 aliphatic rings. The lowest BCUT2D eigenvalue weighted by atomic mass is 10.2. The molecule has 0 saturated carbocycles. The van der Waals surface area contributed by atoms with Gasteiger partial charge in [0.1, 0.15) is 17.2 Å². The molecule has 0 unspecified atom stereocenters. The summed E-state index contributed by atoms with van der Waals surface area (Å²) < 4.78 is 5.12. The molecule has 0 fully saturated rings. The number of rotatable bonds is 5. The first-order valence-electron chi connectivity index (χ1n) is 7.18. The van der Waals surface area contributed by atoms with Crippen molar-refractivity contribution in [3.63, 3.8) is 0 Å². The number of pyridine rings is 1. The second kappa shape index (κ2) is 7.32. The molecule has 122 valence electrons. The minimum atomic E-state index is -0.561. The molecule has 6 nitrogen and oxygen atoms in total. The first-order valence-corrected chi connectivity index (χ1v) is 8.06. The molecule has 0 aliphatic heterocycles. The predicted octanol–water partition coefficient (Wildman–Crippen LogP) is 2.21. The van der Waals surface area contributed by atoms with Crippen LogP contribution in [0.15, 0.2) is 29.8 Å². The van der Waals surface area contributed by atoms with Crippen molar-refractivity contribution < 1.29 is 14.3 Å². The number of hydrogen-bond acceptors (Lipinski definition) is 6. The van der Waals surface area contributed by atoms with Gasteiger partial charge in [0.15, 0.2) is 0 Å². The standard InChI is InChI=1S/C16H19N3O3S/c1-16(2,3)22-14(21)9-18-13(20)8-11-10-23-15(19-11)12-6-4-5-7-17-12/h4-7,10H,8-9H2,1-3H3,(H,18,20). The van der Waals surface area contributed by atoms with Crippen LogP contribution in [0.4, 0.5) is 0 Å². The molecule has 2 heterocycles. The molecule has 2 aromatic rings. The second-order valence-electron chi connectivity index (χ2n) is 5.90. The van der Waals surface area contributed by atoms with Crippen molar-refractivity contribution in [2.24, 2.45) is 0 Å². The zero-order chi connectivity index (χ0) is 16.9. The number of thiazole rings is 1. The summed E-state index contributed by atoms with van der Waals surface area (Å²) in [6.45, 7) is 5.19. The van der Waals surface area contributed by atoms with Crippen LogP contribution in [0.25, 0.3) is 10.7 Å². The fourth-order valence-electron chi connectivity index (χ4n) is 1.77. The molecule has 7 heteroatoms. The third kappa shape index (κ3) is 5.78. The first-order chi connectivity index (χ1) is 10.8. The largest absolute Gasteiger partial charge is 0.459 e. The van der Waals surface area contributed by atoms with Gasteiger partial charge in [0.25, 0.3) is 0 Å². The van der Waals surface area contributed by atoms with Crippen molar-refractivity contribution >= 4 is 23.2 Å². The van der Waals surface area contributed by atoms with E-state index in [1.807, 2.05) is 23.6 Å². The van der Waals surface area contributed by atoms with Gasteiger partial charge in [-0.1, -0.05) is 6.07 Å². The third-order valence-corrected chi connectivity index (χ3v) is 3.54. The average molecular weight is 333 g/mol. The van der Waals surface area contributed by atoms with E-state index in [4.69, 9.17) is 4.74 Å². The minimum Gasteiger partial charge on any atom is -0.459 e. The maximum absolute atomic E-state index is 11.9. The third-order valence-electron chi connectivity index (χ3n) is 2.63. The van der Waals surface area contributed by atoms with Crippen molar-refractivity contribution in [2.75, 3.05) is 6.54 Å². The molecule has 0 atom stereocenters. The molecule has 0 aromatic carbocycles. The van der Waals surface area contributed by atoms with Crippen molar-refractivity contribution in [3.8, 4) is 10.7 Å². The maximum Gasteiger partial charge on any atom is 0.325 e. The summed E-state index contributed by atoms with van der Waals surface area (Å²) in [5.74, 6) is -0.730. The van der Waals surface area contributed by atoms with E-state index in [2.05, 4.69) is 15.3 Å². The smallest absolute Gasteiger partial charge is 0.325 e. The van der Waals surface area contributed by atoms with Gasteiger partial charge in [-0.25, -0.2) is 4.98 Å². The Hall–Kier alpha value is -2.28. The number of amides is 1. The average Bonchev–Trinajstić information content (AvgIpc) is 2.93. The number of hydrogen-bond donors (Lipinski definition) is 1. The summed E-state index contributed by atoms with van der Waals surface area (Å²) in [7, 11) is 0. The Morgan fingerprint density at radius 3 is 2.74 bits per heavy atom. The van der Waals surface area contributed by atoms with Gasteiger partial charge < -0.3 is 10.1 Å². The van der Waals surface area contributed by atoms with Crippen molar-refractivity contribution in [2.45, 2.75) is 32.8 Å². The summed E-state index contributed by atoms with van der Waals surface area (Å²) in [6, 6.07) is 5.59. The Kier molecular flexibility index (Phi) is 5.44. The van der Waals surface area contributed by atoms with E-state index < -0.39 is 11.6 Å². The molecular formula is C16H19N3O3S. The van der Waals surface area contributed by atoms with Gasteiger partial charge in [0.2, 0.25) is 5.91 Å². The second-order valence-corrected chi connectivity index (χ2v) is 6.76. The summed E-state index contributed by atoms with van der Waals surface area (Å²) >= 11 is 1.43. The van der Waals surface area contributed by atoms with E-state index in [-0.39, 0.29) is 18.9 Å². The summed E-state index contributed by atoms with van der Waals surface area (Å²) in [5, 5.41) is 5.12. The molecule has 0 aliphatic carbocycles. The van der Waals surface area contributed by atoms with Crippen LogP contribution < -0.4 is 5.32 Å². The van der Waals surface area contributed by atoms with Crippen molar-refractivity contribution in [1.29, 1.82) is 0 Å². The zero-order valence-electron chi connectivity index (χ0n) is 13.3. The number of ether oxygens (including phenoxy) is 1. The van der Waals surface area contributed by atoms with Crippen LogP contribution in [0, 0.1) is 0 Å². The lowest BCUT2D eigenvalue weighted by Gasteiger charge is -2.19. The molecule has 23 heavy (non-hydrogen) atoms. The van der Waals surface area contributed by atoms with Gasteiger partial charge in [-0.2, -0.15) is 0 Å². The fourth-order valence-corrected chi connectivity index (χ4v) is 2.57. The highest BCUT2D eigenvalue weighted by Crippen LogP contribution is 2.21. The number of nitrogens with zero attached hydrogens (tertiary/aromatic N) is 2. The van der Waals surface area contributed by atoms with E-state index in [9.17, 15) is 9.59 Å². The van der Waals surface area contributed by atoms with Crippen LogP contribution in [0.3, 0.4) is 0 Å². The first kappa shape index (κ1) is 17.1. The van der Waals surface area contributed by atoms with Crippen LogP contribution in [0.2, 0.25) is 0 Å². The predicted molar refractivity (Wildman–Crippen MR) is 87.9 cm³/mol. The highest BCUT2D eigenvalue weighted by molar-refractivity contribution is 7.13. The van der Waals surface area contributed by atoms with E-state index in [0.717, 1.165) is 10.7 Å². The summed E-state index contributed by atoms with van der Waals surface area (Å²) in [4.78, 5) is 32.0. The molecule has 2 rings (SSSR count). The zero-order valence-corrected chi connectivity index (χ0v) is 14.1. The number of carbonyl (C=O) groups is 2. The molecular weight excluding hydrogens is 314 g/mol. The Balaban J connectivity index is 1.84. The molecule has 0 bridgehead atoms.